The van der Waals surface area contributed by atoms with E-state index in [9.17, 15) is 29.3 Å². The Morgan fingerprint density at radius 1 is 0.464 bits per heavy atom. The lowest BCUT2D eigenvalue weighted by Crippen LogP contribution is -2.28. The van der Waals surface area contributed by atoms with Crippen LogP contribution in [0.5, 0.6) is 0 Å². The van der Waals surface area contributed by atoms with E-state index < -0.39 is 58.4 Å². The van der Waals surface area contributed by atoms with Crippen LogP contribution in [0, 0.1) is 0 Å². The molecular weight excluding hydrogens is 731 g/mol. The minimum absolute atomic E-state index is 0.184. The fraction of sp³-hybridized carbons (Fsp3) is 0.867. The van der Waals surface area contributed by atoms with Crippen LogP contribution in [0.2, 0.25) is 0 Å². The zero-order valence-corrected chi connectivity index (χ0v) is 36.8. The standard InChI is InChI=1S/C45H85O10P/c1-3-5-7-9-11-13-15-17-19-20-21-23-25-27-29-31-33-35-37-45(49)55-43(39-47)41-53-56(50,51)52-40-42(38-46)54-44(48)36-34-32-30-28-26-24-22-18-16-14-12-10-8-6-4-2/h18-20,22,42-43,46-47H,3-17,21,23-41H2,1-2H3,(H,50,51)/b20-19-,22-18-. The van der Waals surface area contributed by atoms with Crippen molar-refractivity contribution in [1.82, 2.24) is 0 Å². The Hall–Kier alpha value is -1.55. The third kappa shape index (κ3) is 39.3. The third-order valence-corrected chi connectivity index (χ3v) is 10.8. The molecule has 0 aromatic carbocycles. The molecule has 0 bridgehead atoms. The zero-order valence-electron chi connectivity index (χ0n) is 35.9. The Kier molecular flexibility index (Phi) is 40.5. The van der Waals surface area contributed by atoms with Crippen molar-refractivity contribution in [3.8, 4) is 0 Å². The Morgan fingerprint density at radius 2 is 0.732 bits per heavy atom. The number of phosphoric acid groups is 1. The minimum Gasteiger partial charge on any atom is -0.457 e. The van der Waals surface area contributed by atoms with Crippen molar-refractivity contribution in [2.45, 2.75) is 225 Å². The molecule has 0 aromatic heterocycles. The van der Waals surface area contributed by atoms with Crippen LogP contribution < -0.4 is 0 Å². The van der Waals surface area contributed by atoms with E-state index >= 15 is 0 Å². The number of hydrogen-bond acceptors (Lipinski definition) is 9. The first-order valence-corrected chi connectivity index (χ1v) is 24.3. The van der Waals surface area contributed by atoms with Crippen molar-refractivity contribution in [3.63, 3.8) is 0 Å². The van der Waals surface area contributed by atoms with E-state index in [1.807, 2.05) is 0 Å². The van der Waals surface area contributed by atoms with Gasteiger partial charge in [0.1, 0.15) is 12.2 Å². The maximum Gasteiger partial charge on any atom is 0.472 e. The summed E-state index contributed by atoms with van der Waals surface area (Å²) >= 11 is 0. The second-order valence-electron chi connectivity index (χ2n) is 15.4. The number of unbranched alkanes of at least 4 members (excludes halogenated alkanes) is 25. The molecular formula is C45H85O10P. The highest BCUT2D eigenvalue weighted by atomic mass is 31.2. The number of phosphoric ester groups is 1. The van der Waals surface area contributed by atoms with Crippen LogP contribution in [0.15, 0.2) is 24.3 Å². The monoisotopic (exact) mass is 817 g/mol. The molecule has 0 spiro atoms. The highest BCUT2D eigenvalue weighted by Gasteiger charge is 2.27. The van der Waals surface area contributed by atoms with Gasteiger partial charge in [0.05, 0.1) is 26.4 Å². The van der Waals surface area contributed by atoms with Crippen molar-refractivity contribution in [2.75, 3.05) is 26.4 Å². The quantitative estimate of drug-likeness (QED) is 0.0235. The van der Waals surface area contributed by atoms with Crippen molar-refractivity contribution in [1.29, 1.82) is 0 Å². The summed E-state index contributed by atoms with van der Waals surface area (Å²) in [5, 5.41) is 19.2. The fourth-order valence-corrected chi connectivity index (χ4v) is 7.12. The van der Waals surface area contributed by atoms with E-state index in [0.29, 0.717) is 12.8 Å². The predicted molar refractivity (Wildman–Crippen MR) is 228 cm³/mol. The molecule has 0 fully saturated rings. The van der Waals surface area contributed by atoms with Gasteiger partial charge in [-0.3, -0.25) is 18.6 Å². The summed E-state index contributed by atoms with van der Waals surface area (Å²) in [6, 6.07) is 0. The van der Waals surface area contributed by atoms with Crippen LogP contribution >= 0.6 is 7.82 Å². The zero-order chi connectivity index (χ0) is 41.2. The van der Waals surface area contributed by atoms with Crippen molar-refractivity contribution >= 4 is 19.8 Å². The molecule has 0 radical (unpaired) electrons. The minimum atomic E-state index is -4.64. The first-order valence-electron chi connectivity index (χ1n) is 22.8. The second kappa shape index (κ2) is 41.6. The highest BCUT2D eigenvalue weighted by Crippen LogP contribution is 2.43. The molecule has 3 unspecified atom stereocenters. The van der Waals surface area contributed by atoms with Gasteiger partial charge in [-0.25, -0.2) is 4.57 Å². The molecule has 0 saturated heterocycles. The number of carbonyl (C=O) groups excluding carboxylic acids is 2. The molecule has 0 aliphatic carbocycles. The van der Waals surface area contributed by atoms with Gasteiger partial charge in [0.15, 0.2) is 0 Å². The van der Waals surface area contributed by atoms with E-state index in [1.165, 1.54) is 109 Å². The lowest BCUT2D eigenvalue weighted by Gasteiger charge is -2.20. The van der Waals surface area contributed by atoms with E-state index in [0.717, 1.165) is 64.2 Å². The Balaban J connectivity index is 3.90. The average molecular weight is 817 g/mol. The van der Waals surface area contributed by atoms with Gasteiger partial charge >= 0.3 is 19.8 Å². The lowest BCUT2D eigenvalue weighted by molar-refractivity contribution is -0.153. The van der Waals surface area contributed by atoms with Gasteiger partial charge in [-0.15, -0.1) is 0 Å². The molecule has 10 nitrogen and oxygen atoms in total. The van der Waals surface area contributed by atoms with E-state index in [2.05, 4.69) is 38.2 Å². The topological polar surface area (TPSA) is 149 Å². The summed E-state index contributed by atoms with van der Waals surface area (Å²) in [5.41, 5.74) is 0. The van der Waals surface area contributed by atoms with Crippen molar-refractivity contribution in [2.24, 2.45) is 0 Å². The van der Waals surface area contributed by atoms with Gasteiger partial charge in [0.25, 0.3) is 0 Å². The largest absolute Gasteiger partial charge is 0.472 e. The van der Waals surface area contributed by atoms with Gasteiger partial charge in [-0.1, -0.05) is 160 Å². The van der Waals surface area contributed by atoms with E-state index in [4.69, 9.17) is 18.5 Å². The highest BCUT2D eigenvalue weighted by molar-refractivity contribution is 7.47. The molecule has 0 aliphatic rings. The number of allylic oxidation sites excluding steroid dienone is 4. The fourth-order valence-electron chi connectivity index (χ4n) is 6.34. The maximum atomic E-state index is 12.4. The first-order chi connectivity index (χ1) is 27.3. The normalized spacial score (nSPS) is 14.0. The lowest BCUT2D eigenvalue weighted by atomic mass is 10.1. The van der Waals surface area contributed by atoms with Crippen molar-refractivity contribution < 1.29 is 47.8 Å². The molecule has 330 valence electrons. The molecule has 0 amide bonds. The molecule has 11 heteroatoms. The average Bonchev–Trinajstić information content (AvgIpc) is 3.19. The maximum absolute atomic E-state index is 12.4. The van der Waals surface area contributed by atoms with Gasteiger partial charge in [0.2, 0.25) is 0 Å². The predicted octanol–water partition coefficient (Wildman–Crippen LogP) is 12.2. The van der Waals surface area contributed by atoms with Crippen LogP contribution in [0.1, 0.15) is 213 Å². The number of carbonyl (C=O) groups is 2. The molecule has 3 atom stereocenters. The van der Waals surface area contributed by atoms with E-state index in [-0.39, 0.29) is 12.8 Å². The number of rotatable bonds is 43. The Bertz CT molecular complexity index is 988. The smallest absolute Gasteiger partial charge is 0.457 e. The van der Waals surface area contributed by atoms with Gasteiger partial charge in [-0.05, 0) is 64.2 Å². The number of hydrogen-bond donors (Lipinski definition) is 3. The number of ether oxygens (including phenoxy) is 2. The Morgan fingerprint density at radius 3 is 1.02 bits per heavy atom. The van der Waals surface area contributed by atoms with Crippen LogP contribution in [-0.4, -0.2) is 65.7 Å². The van der Waals surface area contributed by atoms with Gasteiger partial charge < -0.3 is 24.6 Å². The van der Waals surface area contributed by atoms with E-state index in [1.54, 1.807) is 0 Å². The van der Waals surface area contributed by atoms with Crippen LogP contribution in [0.4, 0.5) is 0 Å². The molecule has 0 heterocycles. The molecule has 0 rings (SSSR count). The number of aliphatic hydroxyl groups is 2. The summed E-state index contributed by atoms with van der Waals surface area (Å²) in [4.78, 5) is 34.5. The van der Waals surface area contributed by atoms with Crippen LogP contribution in [-0.2, 0) is 32.7 Å². The first kappa shape index (κ1) is 54.5. The molecule has 0 aliphatic heterocycles. The SMILES string of the molecule is CCCCCCCC/C=C\CCCCCCCC(=O)OC(CO)COP(=O)(O)OCC(CO)OC(=O)CCCCCCCCC/C=C\CCCCCCCCC. The van der Waals surface area contributed by atoms with Gasteiger partial charge in [0, 0.05) is 12.8 Å². The molecule has 56 heavy (non-hydrogen) atoms. The summed E-state index contributed by atoms with van der Waals surface area (Å²) in [6.07, 6.45) is 41.5. The van der Waals surface area contributed by atoms with Gasteiger partial charge in [-0.2, -0.15) is 0 Å². The summed E-state index contributed by atoms with van der Waals surface area (Å²) in [7, 11) is -4.64. The number of aliphatic hydroxyl groups excluding tert-OH is 2. The second-order valence-corrected chi connectivity index (χ2v) is 16.8. The number of esters is 2. The van der Waals surface area contributed by atoms with Crippen LogP contribution in [0.25, 0.3) is 0 Å². The summed E-state index contributed by atoms with van der Waals surface area (Å²) < 4.78 is 32.6. The summed E-state index contributed by atoms with van der Waals surface area (Å²) in [5.74, 6) is -1.03. The van der Waals surface area contributed by atoms with Crippen LogP contribution in [0.3, 0.4) is 0 Å². The molecule has 0 saturated carbocycles. The van der Waals surface area contributed by atoms with Crippen molar-refractivity contribution in [3.05, 3.63) is 24.3 Å². The summed E-state index contributed by atoms with van der Waals surface area (Å²) in [6.45, 7) is 2.21. The third-order valence-electron chi connectivity index (χ3n) is 9.89. The Labute approximate surface area is 342 Å². The molecule has 0 aromatic rings. The molecule has 3 N–H and O–H groups in total.